The van der Waals surface area contributed by atoms with Crippen LogP contribution in [0, 0.1) is 0 Å². The van der Waals surface area contributed by atoms with Gasteiger partial charge in [0.1, 0.15) is 0 Å². The first-order valence-corrected chi connectivity index (χ1v) is 8.37. The van der Waals surface area contributed by atoms with Gasteiger partial charge in [-0.05, 0) is 26.3 Å². The molecule has 2 heterocycles. The van der Waals surface area contributed by atoms with Gasteiger partial charge in [-0.1, -0.05) is 0 Å². The van der Waals surface area contributed by atoms with E-state index in [1.807, 2.05) is 6.92 Å². The molecule has 1 amide bonds. The second-order valence-electron chi connectivity index (χ2n) is 5.26. The Balaban J connectivity index is 1.86. The number of hydrogen-bond donors (Lipinski definition) is 3. The van der Waals surface area contributed by atoms with Gasteiger partial charge in [-0.25, -0.2) is 18.1 Å². The lowest BCUT2D eigenvalue weighted by molar-refractivity contribution is -0.121. The molecule has 0 bridgehead atoms. The molecular formula is C12H21N5O3S. The van der Waals surface area contributed by atoms with E-state index in [0.29, 0.717) is 0 Å². The molecule has 0 spiro atoms. The smallest absolute Gasteiger partial charge is 0.260 e. The molecule has 8 nitrogen and oxygen atoms in total. The first kappa shape index (κ1) is 15.9. The summed E-state index contributed by atoms with van der Waals surface area (Å²) in [5.41, 5.74) is 0. The maximum atomic E-state index is 11.9. The maximum Gasteiger partial charge on any atom is 0.260 e. The van der Waals surface area contributed by atoms with Gasteiger partial charge in [0.05, 0.1) is 12.9 Å². The van der Waals surface area contributed by atoms with Crippen molar-refractivity contribution in [3.8, 4) is 0 Å². The summed E-state index contributed by atoms with van der Waals surface area (Å²) in [7, 11) is -2.07. The predicted molar refractivity (Wildman–Crippen MR) is 77.0 cm³/mol. The highest BCUT2D eigenvalue weighted by atomic mass is 32.2. The van der Waals surface area contributed by atoms with Crippen LogP contribution in [0.2, 0.25) is 0 Å². The molecule has 0 aliphatic carbocycles. The van der Waals surface area contributed by atoms with Crippen molar-refractivity contribution in [3.63, 3.8) is 0 Å². The van der Waals surface area contributed by atoms with Crippen molar-refractivity contribution < 1.29 is 13.2 Å². The van der Waals surface area contributed by atoms with Gasteiger partial charge >= 0.3 is 0 Å². The minimum atomic E-state index is -3.75. The topological polar surface area (TPSA) is 105 Å². The molecule has 1 aromatic rings. The number of imidazole rings is 1. The van der Waals surface area contributed by atoms with E-state index in [-0.39, 0.29) is 29.6 Å². The lowest BCUT2D eigenvalue weighted by atomic mass is 10.00. The molecule has 0 aromatic carbocycles. The number of sulfonamides is 1. The zero-order valence-corrected chi connectivity index (χ0v) is 13.0. The third-order valence-corrected chi connectivity index (χ3v) is 4.77. The van der Waals surface area contributed by atoms with Crippen LogP contribution >= 0.6 is 0 Å². The quantitative estimate of drug-likeness (QED) is 0.643. The molecule has 1 aromatic heterocycles. The van der Waals surface area contributed by atoms with E-state index >= 15 is 0 Å². The zero-order valence-electron chi connectivity index (χ0n) is 12.2. The molecule has 2 atom stereocenters. The second-order valence-corrected chi connectivity index (χ2v) is 6.97. The Kier molecular flexibility index (Phi) is 4.96. The average molecular weight is 315 g/mol. The van der Waals surface area contributed by atoms with Crippen LogP contribution in [0.15, 0.2) is 17.6 Å². The number of piperidine rings is 1. The first-order chi connectivity index (χ1) is 9.88. The standard InChI is InChI=1S/C12H21N5O3S/c1-9-10(4-3-5-13-9)16-11(18)6-15-21(19,20)12-7-17(2)8-14-12/h7-10,13,15H,3-6H2,1-2H3,(H,16,18). The number of nitrogens with one attached hydrogen (secondary N) is 3. The van der Waals surface area contributed by atoms with E-state index in [1.54, 1.807) is 7.05 Å². The highest BCUT2D eigenvalue weighted by molar-refractivity contribution is 7.89. The fourth-order valence-corrected chi connectivity index (χ4v) is 3.22. The van der Waals surface area contributed by atoms with Crippen molar-refractivity contribution in [1.29, 1.82) is 0 Å². The third kappa shape index (κ3) is 4.26. The summed E-state index contributed by atoms with van der Waals surface area (Å²) in [5.74, 6) is -0.338. The van der Waals surface area contributed by atoms with Gasteiger partial charge in [-0.3, -0.25) is 4.79 Å². The largest absolute Gasteiger partial charge is 0.351 e. The van der Waals surface area contributed by atoms with Gasteiger partial charge in [0, 0.05) is 25.3 Å². The molecule has 0 radical (unpaired) electrons. The van der Waals surface area contributed by atoms with Crippen molar-refractivity contribution in [2.24, 2.45) is 7.05 Å². The van der Waals surface area contributed by atoms with Crippen molar-refractivity contribution in [3.05, 3.63) is 12.5 Å². The number of carbonyl (C=O) groups excluding carboxylic acids is 1. The molecule has 118 valence electrons. The summed E-state index contributed by atoms with van der Waals surface area (Å²) in [6.45, 7) is 2.66. The molecule has 1 aliphatic rings. The summed E-state index contributed by atoms with van der Waals surface area (Å²) < 4.78 is 27.6. The fourth-order valence-electron chi connectivity index (χ4n) is 2.26. The molecule has 1 saturated heterocycles. The molecule has 9 heteroatoms. The van der Waals surface area contributed by atoms with Crippen LogP contribution in [0.3, 0.4) is 0 Å². The second kappa shape index (κ2) is 6.54. The number of rotatable bonds is 5. The number of nitrogens with zero attached hydrogens (tertiary/aromatic N) is 2. The van der Waals surface area contributed by atoms with Crippen molar-refractivity contribution in [2.75, 3.05) is 13.1 Å². The van der Waals surface area contributed by atoms with E-state index in [2.05, 4.69) is 20.3 Å². The average Bonchev–Trinajstić information content (AvgIpc) is 2.87. The number of carbonyl (C=O) groups is 1. The Bertz CT molecular complexity index is 598. The molecule has 2 unspecified atom stereocenters. The van der Waals surface area contributed by atoms with Crippen molar-refractivity contribution in [2.45, 2.75) is 36.9 Å². The van der Waals surface area contributed by atoms with Gasteiger partial charge < -0.3 is 15.2 Å². The Labute approximate surface area is 124 Å². The fraction of sp³-hybridized carbons (Fsp3) is 0.667. The first-order valence-electron chi connectivity index (χ1n) is 6.89. The van der Waals surface area contributed by atoms with E-state index in [1.165, 1.54) is 17.1 Å². The molecule has 1 fully saturated rings. The Hall–Kier alpha value is -1.45. The molecule has 2 rings (SSSR count). The lowest BCUT2D eigenvalue weighted by Gasteiger charge is -2.30. The van der Waals surface area contributed by atoms with E-state index in [9.17, 15) is 13.2 Å². The molecule has 0 saturated carbocycles. The number of aryl methyl sites for hydroxylation is 1. The molecule has 1 aliphatic heterocycles. The van der Waals surface area contributed by atoms with Crippen molar-refractivity contribution >= 4 is 15.9 Å². The van der Waals surface area contributed by atoms with Gasteiger partial charge in [-0.15, -0.1) is 0 Å². The van der Waals surface area contributed by atoms with Crippen LogP contribution in [-0.4, -0.2) is 49.0 Å². The van der Waals surface area contributed by atoms with E-state index < -0.39 is 10.0 Å². The summed E-state index contributed by atoms with van der Waals surface area (Å²) in [5, 5.41) is 6.02. The van der Waals surface area contributed by atoms with E-state index in [0.717, 1.165) is 19.4 Å². The van der Waals surface area contributed by atoms with Crippen LogP contribution < -0.4 is 15.4 Å². The highest BCUT2D eigenvalue weighted by Crippen LogP contribution is 2.08. The van der Waals surface area contributed by atoms with Crippen molar-refractivity contribution in [1.82, 2.24) is 24.9 Å². The normalized spacial score (nSPS) is 23.0. The Morgan fingerprint density at radius 2 is 2.33 bits per heavy atom. The SMILES string of the molecule is CC1NCCCC1NC(=O)CNS(=O)(=O)c1cn(C)cn1. The van der Waals surface area contributed by atoms with Gasteiger partial charge in [-0.2, -0.15) is 0 Å². The summed E-state index contributed by atoms with van der Waals surface area (Å²) in [6.07, 6.45) is 4.67. The van der Waals surface area contributed by atoms with Crippen LogP contribution in [0.4, 0.5) is 0 Å². The number of hydrogen-bond acceptors (Lipinski definition) is 5. The van der Waals surface area contributed by atoms with Gasteiger partial charge in [0.2, 0.25) is 5.91 Å². The Morgan fingerprint density at radius 3 is 2.95 bits per heavy atom. The zero-order chi connectivity index (χ0) is 15.5. The minimum absolute atomic E-state index is 0.0330. The Morgan fingerprint density at radius 1 is 1.57 bits per heavy atom. The third-order valence-electron chi connectivity index (χ3n) is 3.49. The van der Waals surface area contributed by atoms with Gasteiger partial charge in [0.15, 0.2) is 5.03 Å². The summed E-state index contributed by atoms with van der Waals surface area (Å²) >= 11 is 0. The van der Waals surface area contributed by atoms with Crippen LogP contribution in [0.5, 0.6) is 0 Å². The number of amides is 1. The molecular weight excluding hydrogens is 294 g/mol. The van der Waals surface area contributed by atoms with Gasteiger partial charge in [0.25, 0.3) is 10.0 Å². The maximum absolute atomic E-state index is 11.9. The number of aromatic nitrogens is 2. The molecule has 21 heavy (non-hydrogen) atoms. The lowest BCUT2D eigenvalue weighted by Crippen LogP contribution is -2.53. The molecule has 3 N–H and O–H groups in total. The monoisotopic (exact) mass is 315 g/mol. The summed E-state index contributed by atoms with van der Waals surface area (Å²) in [6, 6.07) is 0.223. The van der Waals surface area contributed by atoms with Crippen LogP contribution in [0.25, 0.3) is 0 Å². The van der Waals surface area contributed by atoms with Crippen LogP contribution in [0.1, 0.15) is 19.8 Å². The minimum Gasteiger partial charge on any atom is -0.351 e. The predicted octanol–water partition coefficient (Wildman–Crippen LogP) is -1.04. The van der Waals surface area contributed by atoms with Crippen LogP contribution in [-0.2, 0) is 21.9 Å². The highest BCUT2D eigenvalue weighted by Gasteiger charge is 2.23. The summed E-state index contributed by atoms with van der Waals surface area (Å²) in [4.78, 5) is 15.6. The van der Waals surface area contributed by atoms with E-state index in [4.69, 9.17) is 0 Å².